The van der Waals surface area contributed by atoms with Crippen LogP contribution in [0.4, 0.5) is 5.82 Å². The van der Waals surface area contributed by atoms with Crippen LogP contribution in [0.1, 0.15) is 20.3 Å². The molecular weight excluding hydrogens is 206 g/mol. The van der Waals surface area contributed by atoms with Crippen LogP contribution in [0.5, 0.6) is 5.88 Å². The van der Waals surface area contributed by atoms with Gasteiger partial charge < -0.3 is 14.8 Å². The molecule has 1 aromatic rings. The predicted octanol–water partition coefficient (Wildman–Crippen LogP) is 1.46. The Labute approximate surface area is 95.2 Å². The van der Waals surface area contributed by atoms with Crippen molar-refractivity contribution >= 4 is 5.82 Å². The Kier molecular flexibility index (Phi) is 3.56. The van der Waals surface area contributed by atoms with E-state index in [0.29, 0.717) is 18.5 Å². The number of anilines is 1. The molecule has 0 amide bonds. The van der Waals surface area contributed by atoms with Crippen LogP contribution in [0, 0.1) is 0 Å². The number of nitrogens with zero attached hydrogens (tertiary/aromatic N) is 2. The lowest BCUT2D eigenvalue weighted by molar-refractivity contribution is 0.137. The SMILES string of the molecule is CC(C)Nc1ccc(OC2CCOC2)nn1. The lowest BCUT2D eigenvalue weighted by Crippen LogP contribution is -2.17. The van der Waals surface area contributed by atoms with Crippen molar-refractivity contribution in [3.05, 3.63) is 12.1 Å². The number of hydrogen-bond acceptors (Lipinski definition) is 5. The highest BCUT2D eigenvalue weighted by Crippen LogP contribution is 2.14. The predicted molar refractivity (Wildman–Crippen MR) is 60.6 cm³/mol. The number of hydrogen-bond donors (Lipinski definition) is 1. The molecule has 5 nitrogen and oxygen atoms in total. The molecule has 2 rings (SSSR count). The largest absolute Gasteiger partial charge is 0.471 e. The van der Waals surface area contributed by atoms with Crippen LogP contribution in [0.2, 0.25) is 0 Å². The van der Waals surface area contributed by atoms with Gasteiger partial charge in [-0.15, -0.1) is 10.2 Å². The first-order chi connectivity index (χ1) is 7.74. The smallest absolute Gasteiger partial charge is 0.233 e. The van der Waals surface area contributed by atoms with Crippen LogP contribution in [0.15, 0.2) is 12.1 Å². The van der Waals surface area contributed by atoms with E-state index in [2.05, 4.69) is 29.4 Å². The average Bonchev–Trinajstić information content (AvgIpc) is 2.73. The third kappa shape index (κ3) is 3.06. The Morgan fingerprint density at radius 2 is 2.31 bits per heavy atom. The second-order valence-corrected chi connectivity index (χ2v) is 4.16. The normalized spacial score (nSPS) is 20.1. The molecule has 88 valence electrons. The molecule has 16 heavy (non-hydrogen) atoms. The van der Waals surface area contributed by atoms with Crippen molar-refractivity contribution in [1.29, 1.82) is 0 Å². The van der Waals surface area contributed by atoms with Crippen LogP contribution < -0.4 is 10.1 Å². The van der Waals surface area contributed by atoms with Gasteiger partial charge >= 0.3 is 0 Å². The van der Waals surface area contributed by atoms with Crippen molar-refractivity contribution in [3.8, 4) is 5.88 Å². The van der Waals surface area contributed by atoms with Crippen LogP contribution in [-0.2, 0) is 4.74 Å². The molecule has 0 aliphatic carbocycles. The van der Waals surface area contributed by atoms with Gasteiger partial charge in [0.2, 0.25) is 5.88 Å². The molecule has 1 unspecified atom stereocenters. The van der Waals surface area contributed by atoms with Crippen molar-refractivity contribution in [1.82, 2.24) is 10.2 Å². The van der Waals surface area contributed by atoms with Gasteiger partial charge in [0, 0.05) is 18.5 Å². The first-order valence-electron chi connectivity index (χ1n) is 5.58. The summed E-state index contributed by atoms with van der Waals surface area (Å²) in [6.07, 6.45) is 1.05. The van der Waals surface area contributed by atoms with Gasteiger partial charge in [0.25, 0.3) is 0 Å². The Morgan fingerprint density at radius 3 is 2.88 bits per heavy atom. The summed E-state index contributed by atoms with van der Waals surface area (Å²) in [7, 11) is 0. The Bertz CT molecular complexity index is 321. The van der Waals surface area contributed by atoms with Gasteiger partial charge in [0.05, 0.1) is 13.2 Å². The third-order valence-corrected chi connectivity index (χ3v) is 2.25. The summed E-state index contributed by atoms with van der Waals surface area (Å²) in [5.41, 5.74) is 0. The summed E-state index contributed by atoms with van der Waals surface area (Å²) in [6, 6.07) is 4.05. The van der Waals surface area contributed by atoms with E-state index in [1.165, 1.54) is 0 Å². The molecule has 1 atom stereocenters. The maximum absolute atomic E-state index is 5.61. The van der Waals surface area contributed by atoms with E-state index in [1.807, 2.05) is 12.1 Å². The fraction of sp³-hybridized carbons (Fsp3) is 0.636. The maximum atomic E-state index is 5.61. The molecule has 0 bridgehead atoms. The quantitative estimate of drug-likeness (QED) is 0.837. The summed E-state index contributed by atoms with van der Waals surface area (Å²) in [4.78, 5) is 0. The van der Waals surface area contributed by atoms with Gasteiger partial charge in [0.15, 0.2) is 0 Å². The van der Waals surface area contributed by atoms with Crippen molar-refractivity contribution in [2.45, 2.75) is 32.4 Å². The lowest BCUT2D eigenvalue weighted by atomic mass is 10.3. The van der Waals surface area contributed by atoms with Crippen molar-refractivity contribution < 1.29 is 9.47 Å². The Morgan fingerprint density at radius 1 is 1.44 bits per heavy atom. The van der Waals surface area contributed by atoms with Crippen molar-refractivity contribution in [2.24, 2.45) is 0 Å². The van der Waals surface area contributed by atoms with Crippen LogP contribution in [0.3, 0.4) is 0 Å². The lowest BCUT2D eigenvalue weighted by Gasteiger charge is -2.11. The molecule has 1 aliphatic rings. The first kappa shape index (κ1) is 11.1. The second-order valence-electron chi connectivity index (χ2n) is 4.16. The van der Waals surface area contributed by atoms with E-state index >= 15 is 0 Å². The van der Waals surface area contributed by atoms with E-state index in [4.69, 9.17) is 9.47 Å². The number of ether oxygens (including phenoxy) is 2. The zero-order valence-corrected chi connectivity index (χ0v) is 9.64. The average molecular weight is 223 g/mol. The number of nitrogens with one attached hydrogen (secondary N) is 1. The van der Waals surface area contributed by atoms with Gasteiger partial charge in [-0.05, 0) is 19.9 Å². The first-order valence-corrected chi connectivity index (χ1v) is 5.58. The molecule has 0 saturated carbocycles. The fourth-order valence-corrected chi connectivity index (χ4v) is 1.53. The monoisotopic (exact) mass is 223 g/mol. The summed E-state index contributed by atoms with van der Waals surface area (Å²) < 4.78 is 10.8. The Hall–Kier alpha value is -1.36. The molecule has 1 aliphatic heterocycles. The van der Waals surface area contributed by atoms with Crippen molar-refractivity contribution in [2.75, 3.05) is 18.5 Å². The van der Waals surface area contributed by atoms with E-state index in [0.717, 1.165) is 18.8 Å². The third-order valence-electron chi connectivity index (χ3n) is 2.25. The molecule has 0 spiro atoms. The highest BCUT2D eigenvalue weighted by atomic mass is 16.5. The molecule has 1 N–H and O–H groups in total. The number of rotatable bonds is 4. The topological polar surface area (TPSA) is 56.3 Å². The number of aromatic nitrogens is 2. The van der Waals surface area contributed by atoms with Crippen LogP contribution in [0.25, 0.3) is 0 Å². The standard InChI is InChI=1S/C11H17N3O2/c1-8(2)12-10-3-4-11(14-13-10)16-9-5-6-15-7-9/h3-4,8-9H,5-7H2,1-2H3,(H,12,13). The minimum absolute atomic E-state index is 0.123. The molecule has 0 radical (unpaired) electrons. The maximum Gasteiger partial charge on any atom is 0.233 e. The van der Waals surface area contributed by atoms with E-state index in [-0.39, 0.29) is 6.10 Å². The molecule has 5 heteroatoms. The minimum Gasteiger partial charge on any atom is -0.471 e. The summed E-state index contributed by atoms with van der Waals surface area (Å²) in [5.74, 6) is 1.33. The second kappa shape index (κ2) is 5.12. The van der Waals surface area contributed by atoms with E-state index in [9.17, 15) is 0 Å². The Balaban J connectivity index is 1.90. The van der Waals surface area contributed by atoms with Crippen LogP contribution in [-0.4, -0.2) is 35.6 Å². The summed E-state index contributed by atoms with van der Waals surface area (Å²) >= 11 is 0. The van der Waals surface area contributed by atoms with E-state index in [1.54, 1.807) is 0 Å². The summed E-state index contributed by atoms with van der Waals surface area (Å²) in [5, 5.41) is 11.2. The molecule has 2 heterocycles. The highest BCUT2D eigenvalue weighted by Gasteiger charge is 2.17. The van der Waals surface area contributed by atoms with E-state index < -0.39 is 0 Å². The highest BCUT2D eigenvalue weighted by molar-refractivity contribution is 5.34. The molecular formula is C11H17N3O2. The van der Waals surface area contributed by atoms with Gasteiger partial charge in [-0.25, -0.2) is 0 Å². The summed E-state index contributed by atoms with van der Waals surface area (Å²) in [6.45, 7) is 5.53. The zero-order valence-electron chi connectivity index (χ0n) is 9.64. The van der Waals surface area contributed by atoms with Gasteiger partial charge in [-0.2, -0.15) is 0 Å². The molecule has 1 saturated heterocycles. The van der Waals surface area contributed by atoms with Gasteiger partial charge in [-0.1, -0.05) is 0 Å². The van der Waals surface area contributed by atoms with Gasteiger partial charge in [0.1, 0.15) is 11.9 Å². The molecule has 1 aromatic heterocycles. The fourth-order valence-electron chi connectivity index (χ4n) is 1.53. The minimum atomic E-state index is 0.123. The molecule has 0 aromatic carbocycles. The molecule has 1 fully saturated rings. The van der Waals surface area contributed by atoms with Gasteiger partial charge in [-0.3, -0.25) is 0 Å². The van der Waals surface area contributed by atoms with Crippen molar-refractivity contribution in [3.63, 3.8) is 0 Å². The zero-order chi connectivity index (χ0) is 11.4. The van der Waals surface area contributed by atoms with Crippen LogP contribution >= 0.6 is 0 Å².